The normalized spacial score (nSPS) is 19.2. The zero-order chi connectivity index (χ0) is 16.4. The second kappa shape index (κ2) is 6.31. The van der Waals surface area contributed by atoms with Crippen LogP contribution in [0.1, 0.15) is 23.7 Å². The van der Waals surface area contributed by atoms with Gasteiger partial charge in [-0.25, -0.2) is 4.98 Å². The van der Waals surface area contributed by atoms with Crippen molar-refractivity contribution in [1.82, 2.24) is 20.5 Å². The molecule has 6 heteroatoms. The Bertz CT molecular complexity index is 811. The van der Waals surface area contributed by atoms with Crippen molar-refractivity contribution >= 4 is 5.91 Å². The highest BCUT2D eigenvalue weighted by Crippen LogP contribution is 2.47. The zero-order valence-electron chi connectivity index (χ0n) is 13.1. The summed E-state index contributed by atoms with van der Waals surface area (Å²) < 4.78 is 5.25. The molecule has 1 saturated carbocycles. The molecule has 0 spiro atoms. The van der Waals surface area contributed by atoms with Crippen LogP contribution in [0.15, 0.2) is 53.1 Å². The van der Waals surface area contributed by atoms with Crippen molar-refractivity contribution in [1.29, 1.82) is 0 Å². The summed E-state index contributed by atoms with van der Waals surface area (Å²) in [5.41, 5.74) is 1.25. The Morgan fingerprint density at radius 2 is 2.12 bits per heavy atom. The first-order chi connectivity index (χ1) is 11.8. The topological polar surface area (TPSA) is 83.8 Å². The van der Waals surface area contributed by atoms with Gasteiger partial charge in [-0.05, 0) is 30.0 Å². The van der Waals surface area contributed by atoms with Crippen molar-refractivity contribution in [2.45, 2.75) is 18.8 Å². The van der Waals surface area contributed by atoms with Crippen LogP contribution in [0.25, 0.3) is 11.6 Å². The van der Waals surface area contributed by atoms with Crippen LogP contribution in [0.3, 0.4) is 0 Å². The van der Waals surface area contributed by atoms with Crippen LogP contribution in [-0.4, -0.2) is 27.6 Å². The Hall–Kier alpha value is -2.89. The lowest BCUT2D eigenvalue weighted by atomic mass is 10.1. The Morgan fingerprint density at radius 1 is 1.25 bits per heavy atom. The van der Waals surface area contributed by atoms with Gasteiger partial charge in [0.1, 0.15) is 5.82 Å². The summed E-state index contributed by atoms with van der Waals surface area (Å²) in [6, 6.07) is 13.8. The minimum atomic E-state index is 0.0980. The molecule has 2 atom stereocenters. The molecule has 1 aromatic carbocycles. The number of rotatable bonds is 6. The highest BCUT2D eigenvalue weighted by Gasteiger charge is 2.43. The lowest BCUT2D eigenvalue weighted by molar-refractivity contribution is -0.122. The second-order valence-corrected chi connectivity index (χ2v) is 5.98. The van der Waals surface area contributed by atoms with Crippen LogP contribution in [0.4, 0.5) is 0 Å². The average Bonchev–Trinajstić information content (AvgIpc) is 3.00. The summed E-state index contributed by atoms with van der Waals surface area (Å²) in [4.78, 5) is 16.6. The first-order valence-electron chi connectivity index (χ1n) is 8.09. The van der Waals surface area contributed by atoms with Gasteiger partial charge >= 0.3 is 0 Å². The van der Waals surface area contributed by atoms with Crippen LogP contribution in [0.2, 0.25) is 0 Å². The fourth-order valence-corrected chi connectivity index (χ4v) is 2.91. The number of furan rings is 1. The second-order valence-electron chi connectivity index (χ2n) is 5.98. The van der Waals surface area contributed by atoms with Gasteiger partial charge in [0.2, 0.25) is 11.7 Å². The van der Waals surface area contributed by atoms with Crippen molar-refractivity contribution in [3.8, 4) is 11.6 Å². The number of carbonyl (C=O) groups is 1. The minimum Gasteiger partial charge on any atom is -0.461 e. The van der Waals surface area contributed by atoms with Gasteiger partial charge in [0.05, 0.1) is 6.26 Å². The fraction of sp³-hybridized carbons (Fsp3) is 0.278. The summed E-state index contributed by atoms with van der Waals surface area (Å²) in [5.74, 6) is 2.48. The number of H-pyrrole nitrogens is 1. The van der Waals surface area contributed by atoms with Crippen molar-refractivity contribution in [3.05, 3.63) is 60.1 Å². The van der Waals surface area contributed by atoms with Crippen molar-refractivity contribution in [3.63, 3.8) is 0 Å². The number of carbonyl (C=O) groups excluding carboxylic acids is 1. The summed E-state index contributed by atoms with van der Waals surface area (Å²) in [6.07, 6.45) is 3.13. The Kier molecular flexibility index (Phi) is 3.86. The Labute approximate surface area is 139 Å². The molecule has 2 heterocycles. The van der Waals surface area contributed by atoms with E-state index < -0.39 is 0 Å². The van der Waals surface area contributed by atoms with Gasteiger partial charge < -0.3 is 9.73 Å². The van der Waals surface area contributed by atoms with Crippen molar-refractivity contribution < 1.29 is 9.21 Å². The predicted octanol–water partition coefficient (Wildman–Crippen LogP) is 2.53. The predicted molar refractivity (Wildman–Crippen MR) is 88.1 cm³/mol. The molecule has 3 aromatic rings. The van der Waals surface area contributed by atoms with Gasteiger partial charge in [-0.3, -0.25) is 9.89 Å². The maximum absolute atomic E-state index is 12.2. The van der Waals surface area contributed by atoms with E-state index in [1.54, 1.807) is 12.3 Å². The van der Waals surface area contributed by atoms with Crippen molar-refractivity contribution in [2.24, 2.45) is 5.92 Å². The molecular weight excluding hydrogens is 304 g/mol. The maximum Gasteiger partial charge on any atom is 0.223 e. The number of hydrogen-bond donors (Lipinski definition) is 2. The smallest absolute Gasteiger partial charge is 0.223 e. The zero-order valence-corrected chi connectivity index (χ0v) is 13.1. The van der Waals surface area contributed by atoms with Gasteiger partial charge in [0.25, 0.3) is 0 Å². The van der Waals surface area contributed by atoms with Crippen LogP contribution in [0.5, 0.6) is 0 Å². The van der Waals surface area contributed by atoms with Crippen LogP contribution >= 0.6 is 0 Å². The lowest BCUT2D eigenvalue weighted by Gasteiger charge is -2.03. The SMILES string of the molecule is O=C(NCCc1nc(-c2ccco2)n[nH]1)[C@@H]1C[C@@H]1c1ccccc1. The number of aromatic amines is 1. The molecule has 0 radical (unpaired) electrons. The molecule has 6 nitrogen and oxygen atoms in total. The van der Waals surface area contributed by atoms with Crippen LogP contribution < -0.4 is 5.32 Å². The number of nitrogens with zero attached hydrogens (tertiary/aromatic N) is 2. The van der Waals surface area contributed by atoms with E-state index in [-0.39, 0.29) is 11.8 Å². The third-order valence-electron chi connectivity index (χ3n) is 4.29. The molecule has 122 valence electrons. The van der Waals surface area contributed by atoms with Gasteiger partial charge in [0, 0.05) is 18.9 Å². The first-order valence-corrected chi connectivity index (χ1v) is 8.09. The summed E-state index contributed by atoms with van der Waals surface area (Å²) in [5, 5.41) is 9.97. The van der Waals surface area contributed by atoms with E-state index in [2.05, 4.69) is 32.6 Å². The summed E-state index contributed by atoms with van der Waals surface area (Å²) in [6.45, 7) is 0.545. The number of hydrogen-bond acceptors (Lipinski definition) is 4. The van der Waals surface area contributed by atoms with Crippen LogP contribution in [-0.2, 0) is 11.2 Å². The Balaban J connectivity index is 1.25. The van der Waals surface area contributed by atoms with Gasteiger partial charge in [0.15, 0.2) is 5.76 Å². The summed E-state index contributed by atoms with van der Waals surface area (Å²) in [7, 11) is 0. The third kappa shape index (κ3) is 3.08. The minimum absolute atomic E-state index is 0.0980. The number of amides is 1. The lowest BCUT2D eigenvalue weighted by Crippen LogP contribution is -2.27. The van der Waals surface area contributed by atoms with Crippen molar-refractivity contribution in [2.75, 3.05) is 6.54 Å². The molecule has 1 aliphatic rings. The molecule has 0 unspecified atom stereocenters. The molecule has 4 rings (SSSR count). The van der Waals surface area contributed by atoms with E-state index >= 15 is 0 Å². The van der Waals surface area contributed by atoms with Crippen LogP contribution in [0, 0.1) is 5.92 Å². The highest BCUT2D eigenvalue weighted by atomic mass is 16.3. The van der Waals surface area contributed by atoms with E-state index in [1.165, 1.54) is 5.56 Å². The van der Waals surface area contributed by atoms with Gasteiger partial charge in [-0.15, -0.1) is 0 Å². The maximum atomic E-state index is 12.2. The van der Waals surface area contributed by atoms with Gasteiger partial charge in [-0.1, -0.05) is 30.3 Å². The third-order valence-corrected chi connectivity index (χ3v) is 4.29. The quantitative estimate of drug-likeness (QED) is 0.730. The molecular formula is C18H18N4O2. The fourth-order valence-electron chi connectivity index (χ4n) is 2.91. The van der Waals surface area contributed by atoms with E-state index in [1.807, 2.05) is 24.3 Å². The largest absolute Gasteiger partial charge is 0.461 e. The molecule has 2 aromatic heterocycles. The molecule has 1 amide bonds. The number of nitrogens with one attached hydrogen (secondary N) is 2. The molecule has 0 saturated heterocycles. The van der Waals surface area contributed by atoms with E-state index in [9.17, 15) is 4.79 Å². The molecule has 2 N–H and O–H groups in total. The Morgan fingerprint density at radius 3 is 2.92 bits per heavy atom. The summed E-state index contributed by atoms with van der Waals surface area (Å²) >= 11 is 0. The molecule has 1 fully saturated rings. The standard InChI is InChI=1S/C18H18N4O2/c23-18(14-11-13(14)12-5-2-1-3-6-12)19-9-8-16-20-17(22-21-16)15-7-4-10-24-15/h1-7,10,13-14H,8-9,11H2,(H,19,23)(H,20,21,22)/t13-,14-/m1/s1. The average molecular weight is 322 g/mol. The van der Waals surface area contributed by atoms with E-state index in [4.69, 9.17) is 4.42 Å². The molecule has 0 aliphatic heterocycles. The van der Waals surface area contributed by atoms with E-state index in [0.29, 0.717) is 30.5 Å². The molecule has 24 heavy (non-hydrogen) atoms. The highest BCUT2D eigenvalue weighted by molar-refractivity contribution is 5.82. The number of aromatic nitrogens is 3. The molecule has 1 aliphatic carbocycles. The van der Waals surface area contributed by atoms with E-state index in [0.717, 1.165) is 12.2 Å². The monoisotopic (exact) mass is 322 g/mol. The van der Waals surface area contributed by atoms with Gasteiger partial charge in [-0.2, -0.15) is 5.10 Å². The first kappa shape index (κ1) is 14.7. The number of benzene rings is 1. The molecule has 0 bridgehead atoms.